The zero-order valence-electron chi connectivity index (χ0n) is 23.7. The molecule has 1 fully saturated rings. The van der Waals surface area contributed by atoms with Crippen molar-refractivity contribution in [2.24, 2.45) is 0 Å². The number of methoxy groups -OCH3 is 2. The maximum Gasteiger partial charge on any atom is 0.393 e. The third-order valence-corrected chi connectivity index (χ3v) is 8.49. The molecule has 0 bridgehead atoms. The predicted molar refractivity (Wildman–Crippen MR) is 158 cm³/mol. The van der Waals surface area contributed by atoms with Crippen LogP contribution in [0.15, 0.2) is 42.6 Å². The Bertz CT molecular complexity index is 1530. The molecule has 3 atom stereocenters. The van der Waals surface area contributed by atoms with E-state index in [0.717, 1.165) is 28.0 Å². The summed E-state index contributed by atoms with van der Waals surface area (Å²) in [7, 11) is 6.60. The summed E-state index contributed by atoms with van der Waals surface area (Å²) in [6.07, 6.45) is -3.04. The van der Waals surface area contributed by atoms with Crippen LogP contribution < -0.4 is 25.0 Å². The van der Waals surface area contributed by atoms with Gasteiger partial charge in [0.15, 0.2) is 5.75 Å². The Hall–Kier alpha value is -3.68. The molecule has 3 aromatic heterocycles. The van der Waals surface area contributed by atoms with Gasteiger partial charge in [0.05, 0.1) is 38.2 Å². The van der Waals surface area contributed by atoms with Crippen molar-refractivity contribution in [3.05, 3.63) is 53.0 Å². The van der Waals surface area contributed by atoms with Crippen molar-refractivity contribution in [2.75, 3.05) is 38.5 Å². The molecular weight excluding hydrogens is 569 g/mol. The number of aliphatic hydroxyl groups is 1. The number of aliphatic hydroxyl groups excluding tert-OH is 1. The summed E-state index contributed by atoms with van der Waals surface area (Å²) in [6.45, 7) is 0.616. The van der Waals surface area contributed by atoms with Crippen molar-refractivity contribution in [3.63, 3.8) is 0 Å². The Morgan fingerprint density at radius 2 is 1.83 bits per heavy atom. The third kappa shape index (κ3) is 6.53. The molecule has 0 aliphatic heterocycles. The average Bonchev–Trinajstić information content (AvgIpc) is 3.55. The molecule has 0 radical (unpaired) electrons. The summed E-state index contributed by atoms with van der Waals surface area (Å²) in [4.78, 5) is 15.7. The number of halogens is 3. The second-order valence-electron chi connectivity index (χ2n) is 10.3. The van der Waals surface area contributed by atoms with E-state index in [2.05, 4.69) is 25.6 Å². The van der Waals surface area contributed by atoms with Gasteiger partial charge in [0, 0.05) is 43.3 Å². The number of nitrogens with zero attached hydrogens (tertiary/aromatic N) is 4. The van der Waals surface area contributed by atoms with Gasteiger partial charge in [0.25, 0.3) is 5.88 Å². The number of benzene rings is 1. The van der Waals surface area contributed by atoms with Gasteiger partial charge in [-0.3, -0.25) is 0 Å². The smallest absolute Gasteiger partial charge is 0.393 e. The fraction of sp³-hybridized carbons (Fsp3) is 0.414. The van der Waals surface area contributed by atoms with Crippen LogP contribution in [-0.4, -0.2) is 72.7 Å². The van der Waals surface area contributed by atoms with Gasteiger partial charge >= 0.3 is 6.18 Å². The molecule has 1 aliphatic carbocycles. The molecule has 3 heterocycles. The van der Waals surface area contributed by atoms with E-state index in [1.54, 1.807) is 27.5 Å². The molecular formula is C29H33F3N6O3S. The third-order valence-electron chi connectivity index (χ3n) is 7.46. The van der Waals surface area contributed by atoms with Crippen LogP contribution in [0.4, 0.5) is 24.9 Å². The van der Waals surface area contributed by atoms with E-state index in [1.165, 1.54) is 6.07 Å². The fourth-order valence-corrected chi connectivity index (χ4v) is 6.37. The van der Waals surface area contributed by atoms with Crippen LogP contribution in [0.25, 0.3) is 21.3 Å². The van der Waals surface area contributed by atoms with Crippen LogP contribution in [0, 0.1) is 0 Å². The number of alkyl halides is 3. The van der Waals surface area contributed by atoms with Gasteiger partial charge in [0.1, 0.15) is 10.6 Å². The highest BCUT2D eigenvalue weighted by Crippen LogP contribution is 2.37. The van der Waals surface area contributed by atoms with Crippen molar-refractivity contribution in [3.8, 4) is 22.8 Å². The number of nitrogens with one attached hydrogen (secondary N) is 2. The molecule has 0 unspecified atom stereocenters. The Balaban J connectivity index is 1.25. The highest BCUT2D eigenvalue weighted by Gasteiger charge is 2.37. The minimum Gasteiger partial charge on any atom is -0.491 e. The summed E-state index contributed by atoms with van der Waals surface area (Å²) in [6, 6.07) is 11.3. The van der Waals surface area contributed by atoms with E-state index >= 15 is 0 Å². The number of anilines is 2. The van der Waals surface area contributed by atoms with Crippen LogP contribution in [0.2, 0.25) is 0 Å². The first-order valence-electron chi connectivity index (χ1n) is 13.4. The summed E-state index contributed by atoms with van der Waals surface area (Å²) in [5.41, 5.74) is 2.99. The minimum absolute atomic E-state index is 0.0477. The summed E-state index contributed by atoms with van der Waals surface area (Å²) < 4.78 is 49.7. The molecule has 13 heteroatoms. The SMILES string of the molecule is CNc1nc(N(C)[C@H]2C[C@@H](NCc3ccc(-c4cnc(OC)c(OC)c4)cc3)C[C@H]2O)c2cc(CC(F)(F)F)sc2n1. The molecule has 5 rings (SSSR count). The second kappa shape index (κ2) is 12.3. The number of pyridine rings is 1. The molecule has 3 N–H and O–H groups in total. The zero-order chi connectivity index (χ0) is 30.0. The van der Waals surface area contributed by atoms with E-state index in [9.17, 15) is 18.3 Å². The van der Waals surface area contributed by atoms with Crippen LogP contribution in [0.1, 0.15) is 23.3 Å². The van der Waals surface area contributed by atoms with Crippen molar-refractivity contribution >= 4 is 33.3 Å². The number of hydrogen-bond acceptors (Lipinski definition) is 10. The first-order valence-corrected chi connectivity index (χ1v) is 14.3. The summed E-state index contributed by atoms with van der Waals surface area (Å²) in [5.74, 6) is 1.81. The Morgan fingerprint density at radius 3 is 2.50 bits per heavy atom. The van der Waals surface area contributed by atoms with Crippen LogP contribution >= 0.6 is 11.3 Å². The van der Waals surface area contributed by atoms with Crippen molar-refractivity contribution in [2.45, 2.75) is 50.2 Å². The molecule has 0 saturated heterocycles. The lowest BCUT2D eigenvalue weighted by atomic mass is 10.1. The average molecular weight is 603 g/mol. The fourth-order valence-electron chi connectivity index (χ4n) is 5.32. The van der Waals surface area contributed by atoms with Gasteiger partial charge in [-0.15, -0.1) is 11.3 Å². The molecule has 42 heavy (non-hydrogen) atoms. The monoisotopic (exact) mass is 602 g/mol. The Kier molecular flexibility index (Phi) is 8.71. The number of rotatable bonds is 10. The first-order chi connectivity index (χ1) is 20.1. The highest BCUT2D eigenvalue weighted by atomic mass is 32.1. The topological polar surface area (TPSA) is 105 Å². The van der Waals surface area contributed by atoms with Gasteiger partial charge < -0.3 is 30.1 Å². The summed E-state index contributed by atoms with van der Waals surface area (Å²) >= 11 is 1.01. The lowest BCUT2D eigenvalue weighted by Crippen LogP contribution is -2.38. The largest absolute Gasteiger partial charge is 0.491 e. The molecule has 1 aliphatic rings. The number of ether oxygens (including phenoxy) is 2. The van der Waals surface area contributed by atoms with E-state index in [1.807, 2.05) is 42.3 Å². The molecule has 224 valence electrons. The van der Waals surface area contributed by atoms with E-state index < -0.39 is 18.7 Å². The maximum atomic E-state index is 13.1. The highest BCUT2D eigenvalue weighted by molar-refractivity contribution is 7.18. The lowest BCUT2D eigenvalue weighted by Gasteiger charge is -2.29. The van der Waals surface area contributed by atoms with E-state index in [-0.39, 0.29) is 17.0 Å². The molecule has 0 amide bonds. The number of aromatic nitrogens is 3. The van der Waals surface area contributed by atoms with Crippen LogP contribution in [0.3, 0.4) is 0 Å². The Labute approximate surface area is 245 Å². The molecule has 9 nitrogen and oxygen atoms in total. The molecule has 1 aromatic carbocycles. The second-order valence-corrected chi connectivity index (χ2v) is 11.4. The number of fused-ring (bicyclic) bond motifs is 1. The van der Waals surface area contributed by atoms with Gasteiger partial charge in [0.2, 0.25) is 5.95 Å². The standard InChI is InChI=1S/C29H33F3N6O3S/c1-33-28-36-25(21-12-20(13-29(30,31)32)42-27(21)37-28)38(2)22-10-19(11-23(22)39)34-14-16-5-7-17(8-6-16)18-9-24(40-3)26(41-4)35-15-18/h5-9,12,15,19,22-23,34,39H,10-11,13-14H2,1-4H3,(H,33,36,37)/t19-,22+,23-/m1/s1. The van der Waals surface area contributed by atoms with Crippen LogP contribution in [-0.2, 0) is 13.0 Å². The quantitative estimate of drug-likeness (QED) is 0.230. The normalized spacial score (nSPS) is 18.8. The molecule has 4 aromatic rings. The van der Waals surface area contributed by atoms with Gasteiger partial charge in [-0.1, -0.05) is 24.3 Å². The predicted octanol–water partition coefficient (Wildman–Crippen LogP) is 5.03. The number of likely N-dealkylation sites (N-methyl/N-ethyl adjacent to an activating group) is 1. The Morgan fingerprint density at radius 1 is 1.07 bits per heavy atom. The summed E-state index contributed by atoms with van der Waals surface area (Å²) in [5, 5.41) is 18.0. The first kappa shape index (κ1) is 29.8. The number of thiophene rings is 1. The maximum absolute atomic E-state index is 13.1. The van der Waals surface area contributed by atoms with Gasteiger partial charge in [-0.2, -0.15) is 18.2 Å². The van der Waals surface area contributed by atoms with Gasteiger partial charge in [-0.25, -0.2) is 9.97 Å². The lowest BCUT2D eigenvalue weighted by molar-refractivity contribution is -0.126. The van der Waals surface area contributed by atoms with E-state index in [0.29, 0.717) is 53.0 Å². The number of hydrogen-bond donors (Lipinski definition) is 3. The van der Waals surface area contributed by atoms with Gasteiger partial charge in [-0.05, 0) is 36.1 Å². The van der Waals surface area contributed by atoms with Crippen molar-refractivity contribution < 1.29 is 27.8 Å². The van der Waals surface area contributed by atoms with Crippen molar-refractivity contribution in [1.29, 1.82) is 0 Å². The van der Waals surface area contributed by atoms with Crippen LogP contribution in [0.5, 0.6) is 11.6 Å². The molecule has 0 spiro atoms. The zero-order valence-corrected chi connectivity index (χ0v) is 24.5. The van der Waals surface area contributed by atoms with Crippen molar-refractivity contribution in [1.82, 2.24) is 20.3 Å². The minimum atomic E-state index is -4.31. The van der Waals surface area contributed by atoms with E-state index in [4.69, 9.17) is 9.47 Å². The molecule has 1 saturated carbocycles.